The highest BCUT2D eigenvalue weighted by Crippen LogP contribution is 2.28. The summed E-state index contributed by atoms with van der Waals surface area (Å²) in [6.45, 7) is 7.45. The van der Waals surface area contributed by atoms with Crippen molar-refractivity contribution in [2.75, 3.05) is 15.9 Å². The monoisotopic (exact) mass is 422 g/mol. The van der Waals surface area contributed by atoms with Crippen molar-refractivity contribution in [2.45, 2.75) is 46.6 Å². The molecule has 1 unspecified atom stereocenters. The van der Waals surface area contributed by atoms with Crippen LogP contribution in [0.5, 0.6) is 0 Å². The fourth-order valence-corrected chi connectivity index (χ4v) is 4.50. The van der Waals surface area contributed by atoms with Crippen molar-refractivity contribution in [3.8, 4) is 0 Å². The molecule has 0 saturated carbocycles. The second-order valence-corrected chi connectivity index (χ2v) is 9.08. The molecule has 0 bridgehead atoms. The Hall–Kier alpha value is -2.05. The molecule has 1 atom stereocenters. The van der Waals surface area contributed by atoms with Crippen LogP contribution in [0.25, 0.3) is 0 Å². The van der Waals surface area contributed by atoms with Gasteiger partial charge in [0.2, 0.25) is 15.9 Å². The zero-order valence-electron chi connectivity index (χ0n) is 16.9. The van der Waals surface area contributed by atoms with Gasteiger partial charge in [-0.05, 0) is 55.5 Å². The Morgan fingerprint density at radius 2 is 1.71 bits per heavy atom. The van der Waals surface area contributed by atoms with Crippen LogP contribution in [0.2, 0.25) is 5.02 Å². The van der Waals surface area contributed by atoms with E-state index in [2.05, 4.69) is 5.32 Å². The summed E-state index contributed by atoms with van der Waals surface area (Å²) in [5, 5.41) is 3.40. The Morgan fingerprint density at radius 1 is 1.14 bits per heavy atom. The highest BCUT2D eigenvalue weighted by molar-refractivity contribution is 7.92. The molecule has 2 aromatic rings. The summed E-state index contributed by atoms with van der Waals surface area (Å²) in [6.07, 6.45) is 2.62. The van der Waals surface area contributed by atoms with Crippen LogP contribution in [0.3, 0.4) is 0 Å². The average Bonchev–Trinajstić information content (AvgIpc) is 2.63. The van der Waals surface area contributed by atoms with Gasteiger partial charge in [-0.2, -0.15) is 0 Å². The number of nitrogens with zero attached hydrogens (tertiary/aromatic N) is 1. The molecule has 1 N–H and O–H groups in total. The van der Waals surface area contributed by atoms with Gasteiger partial charge in [0.15, 0.2) is 0 Å². The number of nitrogens with one attached hydrogen (secondary N) is 1. The molecule has 0 heterocycles. The minimum absolute atomic E-state index is 0.361. The van der Waals surface area contributed by atoms with Crippen LogP contribution >= 0.6 is 11.6 Å². The predicted molar refractivity (Wildman–Crippen MR) is 117 cm³/mol. The number of halogens is 1. The van der Waals surface area contributed by atoms with Gasteiger partial charge in [0.25, 0.3) is 0 Å². The second-order valence-electron chi connectivity index (χ2n) is 6.82. The third-order valence-electron chi connectivity index (χ3n) is 4.75. The van der Waals surface area contributed by atoms with Gasteiger partial charge in [-0.1, -0.05) is 49.7 Å². The van der Waals surface area contributed by atoms with Crippen LogP contribution in [-0.4, -0.2) is 26.6 Å². The highest BCUT2D eigenvalue weighted by Gasteiger charge is 2.30. The molecule has 0 aliphatic rings. The van der Waals surface area contributed by atoms with Crippen molar-refractivity contribution in [3.63, 3.8) is 0 Å². The van der Waals surface area contributed by atoms with E-state index in [9.17, 15) is 13.2 Å². The van der Waals surface area contributed by atoms with Gasteiger partial charge in [-0.15, -0.1) is 0 Å². The van der Waals surface area contributed by atoms with E-state index in [0.717, 1.165) is 45.8 Å². The summed E-state index contributed by atoms with van der Waals surface area (Å²) in [5.74, 6) is -0.391. The Morgan fingerprint density at radius 3 is 2.18 bits per heavy atom. The first-order valence-corrected chi connectivity index (χ1v) is 11.5. The molecule has 7 heteroatoms. The molecular formula is C21H27ClN2O3S. The fraction of sp³-hybridized carbons (Fsp3) is 0.381. The standard InChI is InChI=1S/C21H27ClN2O3S/c1-6-16-9-8-10-17(7-2)20(16)23-21(25)15(4)24(28(5,26)27)18-12-11-14(3)19(22)13-18/h8-13,15H,6-7H2,1-5H3,(H,23,25). The minimum Gasteiger partial charge on any atom is -0.324 e. The molecule has 0 radical (unpaired) electrons. The number of hydrogen-bond acceptors (Lipinski definition) is 3. The minimum atomic E-state index is -3.70. The lowest BCUT2D eigenvalue weighted by Crippen LogP contribution is -2.45. The van der Waals surface area contributed by atoms with Gasteiger partial charge in [-0.25, -0.2) is 8.42 Å². The van der Waals surface area contributed by atoms with Crippen molar-refractivity contribution in [1.29, 1.82) is 0 Å². The quantitative estimate of drug-likeness (QED) is 0.710. The van der Waals surface area contributed by atoms with E-state index < -0.39 is 22.0 Å². The molecule has 2 aromatic carbocycles. The van der Waals surface area contributed by atoms with Crippen LogP contribution in [0.15, 0.2) is 36.4 Å². The molecule has 5 nitrogen and oxygen atoms in total. The number of amides is 1. The summed E-state index contributed by atoms with van der Waals surface area (Å²) >= 11 is 6.18. The highest BCUT2D eigenvalue weighted by atomic mass is 35.5. The average molecular weight is 423 g/mol. The molecule has 28 heavy (non-hydrogen) atoms. The predicted octanol–water partition coefficient (Wildman–Crippen LogP) is 4.57. The molecule has 0 spiro atoms. The van der Waals surface area contributed by atoms with E-state index in [0.29, 0.717) is 10.7 Å². The molecule has 0 aliphatic carbocycles. The molecule has 0 fully saturated rings. The van der Waals surface area contributed by atoms with Crippen LogP contribution in [-0.2, 0) is 27.7 Å². The maximum atomic E-state index is 13.0. The zero-order valence-corrected chi connectivity index (χ0v) is 18.5. The molecule has 0 aromatic heterocycles. The number of carbonyl (C=O) groups is 1. The SMILES string of the molecule is CCc1cccc(CC)c1NC(=O)C(C)N(c1ccc(C)c(Cl)c1)S(C)(=O)=O. The first kappa shape index (κ1) is 22.2. The second kappa shape index (κ2) is 8.97. The largest absolute Gasteiger partial charge is 0.324 e. The maximum Gasteiger partial charge on any atom is 0.248 e. The van der Waals surface area contributed by atoms with E-state index in [1.165, 1.54) is 0 Å². The number of benzene rings is 2. The number of aryl methyl sites for hydroxylation is 3. The smallest absolute Gasteiger partial charge is 0.248 e. The third-order valence-corrected chi connectivity index (χ3v) is 6.39. The van der Waals surface area contributed by atoms with Crippen molar-refractivity contribution in [3.05, 3.63) is 58.1 Å². The lowest BCUT2D eigenvalue weighted by molar-refractivity contribution is -0.116. The van der Waals surface area contributed by atoms with Crippen molar-refractivity contribution < 1.29 is 13.2 Å². The van der Waals surface area contributed by atoms with E-state index in [1.807, 2.05) is 39.0 Å². The summed E-state index contributed by atoms with van der Waals surface area (Å²) in [4.78, 5) is 13.0. The maximum absolute atomic E-state index is 13.0. The number of carbonyl (C=O) groups excluding carboxylic acids is 1. The van der Waals surface area contributed by atoms with Gasteiger partial charge in [-0.3, -0.25) is 9.10 Å². The summed E-state index contributed by atoms with van der Waals surface area (Å²) in [7, 11) is -3.70. The Labute approximate surface area is 172 Å². The van der Waals surface area contributed by atoms with Gasteiger partial charge >= 0.3 is 0 Å². The molecule has 152 valence electrons. The van der Waals surface area contributed by atoms with E-state index in [-0.39, 0.29) is 0 Å². The van der Waals surface area contributed by atoms with Gasteiger partial charge < -0.3 is 5.32 Å². The molecule has 2 rings (SSSR count). The first-order valence-electron chi connectivity index (χ1n) is 9.27. The van der Waals surface area contributed by atoms with E-state index in [1.54, 1.807) is 25.1 Å². The van der Waals surface area contributed by atoms with Gasteiger partial charge in [0.1, 0.15) is 6.04 Å². The van der Waals surface area contributed by atoms with Crippen LogP contribution in [0.4, 0.5) is 11.4 Å². The van der Waals surface area contributed by atoms with Crippen LogP contribution in [0.1, 0.15) is 37.5 Å². The van der Waals surface area contributed by atoms with Crippen LogP contribution < -0.4 is 9.62 Å². The van der Waals surface area contributed by atoms with Gasteiger partial charge in [0.05, 0.1) is 11.9 Å². The first-order chi connectivity index (χ1) is 13.1. The Kier molecular flexibility index (Phi) is 7.12. The fourth-order valence-electron chi connectivity index (χ4n) is 3.16. The lowest BCUT2D eigenvalue weighted by Gasteiger charge is -2.29. The number of sulfonamides is 1. The van der Waals surface area contributed by atoms with E-state index >= 15 is 0 Å². The summed E-state index contributed by atoms with van der Waals surface area (Å²) in [5.41, 5.74) is 3.99. The van der Waals surface area contributed by atoms with Crippen molar-refractivity contribution >= 4 is 38.9 Å². The lowest BCUT2D eigenvalue weighted by atomic mass is 10.0. The molecule has 0 aliphatic heterocycles. The van der Waals surface area contributed by atoms with Gasteiger partial charge in [0, 0.05) is 10.7 Å². The Bertz CT molecular complexity index is 951. The van der Waals surface area contributed by atoms with Crippen LogP contribution in [0, 0.1) is 6.92 Å². The molecule has 1 amide bonds. The molecule has 0 saturated heterocycles. The van der Waals surface area contributed by atoms with E-state index in [4.69, 9.17) is 11.6 Å². The topological polar surface area (TPSA) is 66.5 Å². The van der Waals surface area contributed by atoms with Crippen molar-refractivity contribution in [1.82, 2.24) is 0 Å². The molecular weight excluding hydrogens is 396 g/mol. The number of rotatable bonds is 7. The third kappa shape index (κ3) is 4.86. The number of para-hydroxylation sites is 1. The summed E-state index contributed by atoms with van der Waals surface area (Å²) < 4.78 is 26.1. The summed E-state index contributed by atoms with van der Waals surface area (Å²) in [6, 6.07) is 9.92. The number of hydrogen-bond donors (Lipinski definition) is 1. The van der Waals surface area contributed by atoms with Crippen molar-refractivity contribution in [2.24, 2.45) is 0 Å². The Balaban J connectivity index is 2.42. The normalized spacial score (nSPS) is 12.5. The zero-order chi connectivity index (χ0) is 21.1. The number of anilines is 2.